The Morgan fingerprint density at radius 1 is 1.16 bits per heavy atom. The minimum Gasteiger partial charge on any atom is -0.444 e. The minimum absolute atomic E-state index is 0.0228. The number of carbonyl (C=O) groups excluding carboxylic acids is 3. The zero-order valence-electron chi connectivity index (χ0n) is 26.7. The summed E-state index contributed by atoms with van der Waals surface area (Å²) in [4.78, 5) is 43.1. The highest BCUT2D eigenvalue weighted by Crippen LogP contribution is 2.40. The molecule has 4 saturated heterocycles. The van der Waals surface area contributed by atoms with E-state index in [-0.39, 0.29) is 47.7 Å². The third kappa shape index (κ3) is 6.78. The van der Waals surface area contributed by atoms with Gasteiger partial charge in [-0.05, 0) is 90.5 Å². The number of carbonyl (C=O) groups is 3. The molecule has 5 rings (SSSR count). The molecule has 1 aromatic rings. The predicted molar refractivity (Wildman–Crippen MR) is 164 cm³/mol. The Balaban J connectivity index is 1.30. The number of likely N-dealkylation sites (tertiary alicyclic amines) is 1. The number of aryl methyl sites for hydroxylation is 1. The Kier molecular flexibility index (Phi) is 9.25. The van der Waals surface area contributed by atoms with Crippen LogP contribution in [0, 0.1) is 12.8 Å². The van der Waals surface area contributed by atoms with Gasteiger partial charge in [-0.15, -0.1) is 0 Å². The van der Waals surface area contributed by atoms with Crippen LogP contribution >= 0.6 is 0 Å². The lowest BCUT2D eigenvalue weighted by atomic mass is 9.81. The van der Waals surface area contributed by atoms with Crippen molar-refractivity contribution < 1.29 is 23.9 Å². The largest absolute Gasteiger partial charge is 0.444 e. The second kappa shape index (κ2) is 12.6. The zero-order chi connectivity index (χ0) is 30.9. The number of nitrogens with one attached hydrogen (secondary N) is 3. The highest BCUT2D eigenvalue weighted by molar-refractivity contribution is 5.96. The van der Waals surface area contributed by atoms with Crippen LogP contribution in [0.5, 0.6) is 0 Å². The van der Waals surface area contributed by atoms with Crippen LogP contribution in [0.2, 0.25) is 0 Å². The van der Waals surface area contributed by atoms with Crippen molar-refractivity contribution in [2.24, 2.45) is 5.92 Å². The Labute approximate surface area is 256 Å². The molecule has 11 heteroatoms. The molecule has 0 aliphatic carbocycles. The molecule has 3 amide bonds. The number of anilines is 1. The molecule has 0 aromatic heterocycles. The van der Waals surface area contributed by atoms with Gasteiger partial charge in [-0.1, -0.05) is 6.92 Å². The van der Waals surface area contributed by atoms with E-state index in [1.165, 1.54) is 0 Å². The van der Waals surface area contributed by atoms with Crippen LogP contribution in [-0.2, 0) is 14.3 Å². The van der Waals surface area contributed by atoms with Crippen LogP contribution in [0.4, 0.5) is 10.5 Å². The summed E-state index contributed by atoms with van der Waals surface area (Å²) in [5, 5.41) is 9.01. The van der Waals surface area contributed by atoms with Crippen molar-refractivity contribution >= 4 is 23.6 Å². The molecule has 4 unspecified atom stereocenters. The molecule has 4 aliphatic rings. The van der Waals surface area contributed by atoms with Crippen LogP contribution in [0.3, 0.4) is 0 Å². The van der Waals surface area contributed by atoms with Crippen molar-refractivity contribution in [1.29, 1.82) is 0 Å². The van der Waals surface area contributed by atoms with Crippen LogP contribution in [0.25, 0.3) is 0 Å². The third-order valence-electron chi connectivity index (χ3n) is 9.46. The molecular weight excluding hydrogens is 548 g/mol. The second-order valence-corrected chi connectivity index (χ2v) is 13.7. The normalized spacial score (nSPS) is 28.1. The van der Waals surface area contributed by atoms with Crippen LogP contribution in [-0.4, -0.2) is 101 Å². The van der Waals surface area contributed by atoms with Crippen molar-refractivity contribution in [3.8, 4) is 0 Å². The predicted octanol–water partition coefficient (Wildman–Crippen LogP) is 3.49. The summed E-state index contributed by atoms with van der Waals surface area (Å²) in [5.41, 5.74) is 5.45. The van der Waals surface area contributed by atoms with Crippen LogP contribution in [0.15, 0.2) is 18.2 Å². The Morgan fingerprint density at radius 2 is 1.91 bits per heavy atom. The number of hydrogen-bond acceptors (Lipinski definition) is 8. The smallest absolute Gasteiger partial charge is 0.410 e. The van der Waals surface area contributed by atoms with Gasteiger partial charge in [0, 0.05) is 62.2 Å². The van der Waals surface area contributed by atoms with E-state index in [0.717, 1.165) is 43.4 Å². The van der Waals surface area contributed by atoms with E-state index >= 15 is 0 Å². The number of piperidine rings is 2. The number of benzene rings is 1. The highest BCUT2D eigenvalue weighted by Gasteiger charge is 2.54. The number of hydrogen-bond donors (Lipinski definition) is 3. The quantitative estimate of drug-likeness (QED) is 0.472. The fourth-order valence-corrected chi connectivity index (χ4v) is 7.13. The molecule has 0 bridgehead atoms. The van der Waals surface area contributed by atoms with E-state index in [4.69, 9.17) is 9.47 Å². The fraction of sp³-hybridized carbons (Fsp3) is 0.719. The molecule has 0 radical (unpaired) electrons. The first kappa shape index (κ1) is 31.5. The molecule has 4 heterocycles. The maximum Gasteiger partial charge on any atom is 0.410 e. The molecule has 0 spiro atoms. The Hall–Kier alpha value is -2.89. The lowest BCUT2D eigenvalue weighted by molar-refractivity contribution is -0.128. The van der Waals surface area contributed by atoms with Gasteiger partial charge < -0.3 is 29.9 Å². The average Bonchev–Trinajstić information content (AvgIpc) is 3.18. The average molecular weight is 599 g/mol. The molecule has 3 N–H and O–H groups in total. The van der Waals surface area contributed by atoms with Gasteiger partial charge in [0.1, 0.15) is 11.8 Å². The van der Waals surface area contributed by atoms with E-state index in [0.29, 0.717) is 44.9 Å². The molecular formula is C32H50N6O5. The van der Waals surface area contributed by atoms with Gasteiger partial charge >= 0.3 is 6.09 Å². The van der Waals surface area contributed by atoms with Crippen LogP contribution in [0.1, 0.15) is 82.6 Å². The molecule has 4 fully saturated rings. The van der Waals surface area contributed by atoms with Gasteiger partial charge in [0.2, 0.25) is 5.91 Å². The number of fused-ring (bicyclic) bond motifs is 1. The lowest BCUT2D eigenvalue weighted by Crippen LogP contribution is -2.62. The summed E-state index contributed by atoms with van der Waals surface area (Å²) in [6.45, 7) is 15.6. The maximum atomic E-state index is 13.4. The molecule has 43 heavy (non-hydrogen) atoms. The Morgan fingerprint density at radius 3 is 2.58 bits per heavy atom. The number of hydrazine groups is 1. The van der Waals surface area contributed by atoms with Gasteiger partial charge in [0.05, 0.1) is 12.0 Å². The third-order valence-corrected chi connectivity index (χ3v) is 9.46. The number of nitrogens with zero attached hydrogens (tertiary/aromatic N) is 3. The number of rotatable bonds is 5. The van der Waals surface area contributed by atoms with Crippen molar-refractivity contribution in [2.45, 2.75) is 103 Å². The van der Waals surface area contributed by atoms with Crippen molar-refractivity contribution in [3.63, 3.8) is 0 Å². The van der Waals surface area contributed by atoms with Gasteiger partial charge in [-0.25, -0.2) is 15.2 Å². The summed E-state index contributed by atoms with van der Waals surface area (Å²) in [5.74, 6) is -0.204. The van der Waals surface area contributed by atoms with Gasteiger partial charge in [-0.3, -0.25) is 9.59 Å². The van der Waals surface area contributed by atoms with E-state index in [1.807, 2.05) is 57.7 Å². The first-order valence-electron chi connectivity index (χ1n) is 16.0. The van der Waals surface area contributed by atoms with E-state index in [2.05, 4.69) is 28.0 Å². The summed E-state index contributed by atoms with van der Waals surface area (Å²) >= 11 is 0. The van der Waals surface area contributed by atoms with E-state index in [1.54, 1.807) is 4.90 Å². The fourth-order valence-electron chi connectivity index (χ4n) is 7.13. The standard InChI is InChI=1S/C32H50N6O5/c1-7-32(12-16-36(17-13-32)30(41)43-31(4,5)6)38-25-11-14-33-28(39)26(25)27(35-38)34-23-9-10-24(21(2)19-23)29(40)37-15-8-18-42-22(3)20-37/h9-10,19,22,25-27,34-35H,7-8,11-18,20H2,1-6H3,(H,33,39). The van der Waals surface area contributed by atoms with Gasteiger partial charge in [0.15, 0.2) is 0 Å². The van der Waals surface area contributed by atoms with Gasteiger partial charge in [0.25, 0.3) is 5.91 Å². The van der Waals surface area contributed by atoms with Gasteiger partial charge in [-0.2, -0.15) is 0 Å². The summed E-state index contributed by atoms with van der Waals surface area (Å²) in [6.07, 6.45) is 3.63. The maximum absolute atomic E-state index is 13.4. The summed E-state index contributed by atoms with van der Waals surface area (Å²) in [6, 6.07) is 5.86. The van der Waals surface area contributed by atoms with E-state index in [9.17, 15) is 14.4 Å². The van der Waals surface area contributed by atoms with Crippen LogP contribution < -0.4 is 16.1 Å². The van der Waals surface area contributed by atoms with E-state index < -0.39 is 5.60 Å². The van der Waals surface area contributed by atoms with Crippen molar-refractivity contribution in [2.75, 3.05) is 44.6 Å². The highest BCUT2D eigenvalue weighted by atomic mass is 16.6. The first-order valence-corrected chi connectivity index (χ1v) is 16.0. The Bertz CT molecular complexity index is 1190. The molecule has 238 valence electrons. The molecule has 0 saturated carbocycles. The molecule has 11 nitrogen and oxygen atoms in total. The minimum atomic E-state index is -0.529. The first-order chi connectivity index (χ1) is 20.4. The monoisotopic (exact) mass is 598 g/mol. The lowest BCUT2D eigenvalue weighted by Gasteiger charge is -2.49. The zero-order valence-corrected chi connectivity index (χ0v) is 26.7. The number of ether oxygens (including phenoxy) is 2. The molecule has 4 atom stereocenters. The second-order valence-electron chi connectivity index (χ2n) is 13.7. The van der Waals surface area contributed by atoms with Crippen molar-refractivity contribution in [1.82, 2.24) is 25.6 Å². The topological polar surface area (TPSA) is 115 Å². The molecule has 4 aliphatic heterocycles. The molecule has 1 aromatic carbocycles. The van der Waals surface area contributed by atoms with Crippen molar-refractivity contribution in [3.05, 3.63) is 29.3 Å². The summed E-state index contributed by atoms with van der Waals surface area (Å²) < 4.78 is 11.4. The SMILES string of the molecule is CCC1(N2NC(Nc3ccc(C(=O)N4CCCOC(C)C4)c(C)c3)C3C(=O)NCCC32)CCN(C(=O)OC(C)(C)C)CC1. The summed E-state index contributed by atoms with van der Waals surface area (Å²) in [7, 11) is 0. The number of amides is 3.